The average molecular weight is 482 g/mol. The Hall–Kier alpha value is -2.09. The molecule has 126 valence electrons. The highest BCUT2D eigenvalue weighted by Gasteiger charge is 2.19. The minimum absolute atomic E-state index is 0.235. The van der Waals surface area contributed by atoms with Crippen LogP contribution >= 0.6 is 43.2 Å². The Kier molecular flexibility index (Phi) is 5.27. The summed E-state index contributed by atoms with van der Waals surface area (Å²) in [6.07, 6.45) is 2.87. The zero-order valence-electron chi connectivity index (χ0n) is 12.8. The number of thiazole rings is 1. The zero-order chi connectivity index (χ0) is 18.0. The predicted molar refractivity (Wildman–Crippen MR) is 99.5 cm³/mol. The molecule has 1 atom stereocenters. The van der Waals surface area contributed by atoms with Crippen molar-refractivity contribution in [2.75, 3.05) is 0 Å². The fourth-order valence-corrected chi connectivity index (χ4v) is 4.11. The third-order valence-corrected chi connectivity index (χ3v) is 5.01. The van der Waals surface area contributed by atoms with Gasteiger partial charge >= 0.3 is 0 Å². The summed E-state index contributed by atoms with van der Waals surface area (Å²) in [5.74, 6) is 0.294. The maximum atomic E-state index is 12.5. The number of nitriles is 1. The predicted octanol–water partition coefficient (Wildman–Crippen LogP) is 3.61. The number of aromatic nitrogens is 4. The second-order valence-electron chi connectivity index (χ2n) is 5.00. The van der Waals surface area contributed by atoms with Gasteiger partial charge in [0.2, 0.25) is 5.13 Å². The molecule has 1 amide bonds. The second-order valence-corrected chi connectivity index (χ2v) is 7.84. The van der Waals surface area contributed by atoms with Crippen molar-refractivity contribution < 1.29 is 4.79 Å². The number of rotatable bonds is 4. The van der Waals surface area contributed by atoms with E-state index in [2.05, 4.69) is 52.2 Å². The molecule has 0 fully saturated rings. The Bertz CT molecular complexity index is 956. The smallest absolute Gasteiger partial charge is 0.251 e. The van der Waals surface area contributed by atoms with Crippen molar-refractivity contribution in [2.45, 2.75) is 13.0 Å². The minimum atomic E-state index is -0.401. The van der Waals surface area contributed by atoms with Crippen LogP contribution < -0.4 is 5.32 Å². The number of carbonyl (C=O) groups excluding carboxylic acids is 1. The van der Waals surface area contributed by atoms with Crippen LogP contribution in [-0.2, 0) is 0 Å². The molecule has 1 unspecified atom stereocenters. The summed E-state index contributed by atoms with van der Waals surface area (Å²) in [4.78, 5) is 21.3. The van der Waals surface area contributed by atoms with Crippen LogP contribution in [0, 0.1) is 11.3 Å². The van der Waals surface area contributed by atoms with E-state index in [9.17, 15) is 4.79 Å². The summed E-state index contributed by atoms with van der Waals surface area (Å²) in [5, 5.41) is 16.5. The number of nitrogens with one attached hydrogen (secondary N) is 1. The van der Waals surface area contributed by atoms with Crippen LogP contribution in [0.5, 0.6) is 0 Å². The highest BCUT2D eigenvalue weighted by Crippen LogP contribution is 2.22. The number of nitrogens with zero attached hydrogens (tertiary/aromatic N) is 5. The molecule has 0 bridgehead atoms. The van der Waals surface area contributed by atoms with Gasteiger partial charge in [0.05, 0.1) is 12.2 Å². The fraction of sp³-hybridized carbons (Fsp3) is 0.133. The van der Waals surface area contributed by atoms with Crippen molar-refractivity contribution in [3.8, 4) is 11.2 Å². The molecule has 25 heavy (non-hydrogen) atoms. The van der Waals surface area contributed by atoms with Crippen molar-refractivity contribution in [1.82, 2.24) is 25.1 Å². The minimum Gasteiger partial charge on any atom is -0.342 e. The lowest BCUT2D eigenvalue weighted by atomic mass is 10.2. The van der Waals surface area contributed by atoms with Crippen molar-refractivity contribution in [3.05, 3.63) is 55.9 Å². The van der Waals surface area contributed by atoms with E-state index in [0.717, 1.165) is 8.95 Å². The molecule has 2 aromatic heterocycles. The van der Waals surface area contributed by atoms with Crippen molar-refractivity contribution in [1.29, 1.82) is 5.26 Å². The lowest BCUT2D eigenvalue weighted by Crippen LogP contribution is -2.28. The van der Waals surface area contributed by atoms with E-state index < -0.39 is 6.04 Å². The number of hydrogen-bond donors (Lipinski definition) is 1. The summed E-state index contributed by atoms with van der Waals surface area (Å²) < 4.78 is 3.12. The van der Waals surface area contributed by atoms with E-state index in [0.29, 0.717) is 21.4 Å². The van der Waals surface area contributed by atoms with E-state index in [1.54, 1.807) is 12.1 Å². The maximum absolute atomic E-state index is 12.5. The number of hydrogen-bond acceptors (Lipinski definition) is 6. The van der Waals surface area contributed by atoms with Gasteiger partial charge in [-0.2, -0.15) is 15.0 Å². The second kappa shape index (κ2) is 7.43. The van der Waals surface area contributed by atoms with Gasteiger partial charge in [0, 0.05) is 14.5 Å². The highest BCUT2D eigenvalue weighted by molar-refractivity contribution is 9.11. The van der Waals surface area contributed by atoms with E-state index in [1.165, 1.54) is 28.5 Å². The summed E-state index contributed by atoms with van der Waals surface area (Å²) in [6, 6.07) is 6.96. The maximum Gasteiger partial charge on any atom is 0.251 e. The molecule has 7 nitrogen and oxygen atoms in total. The Morgan fingerprint density at radius 2 is 2.04 bits per heavy atom. The van der Waals surface area contributed by atoms with Crippen LogP contribution in [0.1, 0.15) is 34.0 Å². The number of benzene rings is 1. The van der Waals surface area contributed by atoms with Crippen LogP contribution in [0.2, 0.25) is 0 Å². The summed E-state index contributed by atoms with van der Waals surface area (Å²) in [7, 11) is 0. The molecular formula is C15H10Br2N6OS. The molecule has 0 aliphatic heterocycles. The largest absolute Gasteiger partial charge is 0.342 e. The third kappa shape index (κ3) is 3.95. The summed E-state index contributed by atoms with van der Waals surface area (Å²) >= 11 is 7.94. The third-order valence-electron chi connectivity index (χ3n) is 3.22. The summed E-state index contributed by atoms with van der Waals surface area (Å²) in [6.45, 7) is 1.81. The van der Waals surface area contributed by atoms with Crippen LogP contribution in [0.15, 0.2) is 39.7 Å². The van der Waals surface area contributed by atoms with Crippen LogP contribution in [0.25, 0.3) is 5.13 Å². The average Bonchev–Trinajstić information content (AvgIpc) is 3.22. The number of carbonyl (C=O) groups is 1. The first kappa shape index (κ1) is 17.7. The van der Waals surface area contributed by atoms with Crippen molar-refractivity contribution in [3.63, 3.8) is 0 Å². The van der Waals surface area contributed by atoms with E-state index in [1.807, 2.05) is 19.1 Å². The molecule has 10 heteroatoms. The molecule has 2 heterocycles. The SMILES string of the molecule is CC(NC(=O)c1cc(Br)cc(Br)c1)c1ncnn1-c1ncc(C#N)s1. The van der Waals surface area contributed by atoms with Gasteiger partial charge in [-0.05, 0) is 25.1 Å². The van der Waals surface area contributed by atoms with Gasteiger partial charge < -0.3 is 5.32 Å². The Balaban J connectivity index is 1.82. The molecule has 0 aliphatic carbocycles. The van der Waals surface area contributed by atoms with Gasteiger partial charge in [-0.15, -0.1) is 0 Å². The van der Waals surface area contributed by atoms with Gasteiger partial charge in [-0.3, -0.25) is 4.79 Å². The van der Waals surface area contributed by atoms with E-state index in [4.69, 9.17) is 5.26 Å². The monoisotopic (exact) mass is 480 g/mol. The lowest BCUT2D eigenvalue weighted by molar-refractivity contribution is 0.0937. The van der Waals surface area contributed by atoms with Crippen LogP contribution in [-0.4, -0.2) is 25.7 Å². The molecule has 0 saturated carbocycles. The molecule has 3 rings (SSSR count). The molecule has 1 N–H and O–H groups in total. The van der Waals surface area contributed by atoms with E-state index in [-0.39, 0.29) is 5.91 Å². The molecule has 1 aromatic carbocycles. The molecule has 3 aromatic rings. The van der Waals surface area contributed by atoms with Gasteiger partial charge in [0.15, 0.2) is 5.82 Å². The highest BCUT2D eigenvalue weighted by atomic mass is 79.9. The zero-order valence-corrected chi connectivity index (χ0v) is 16.8. The Labute approximate surface area is 164 Å². The Morgan fingerprint density at radius 1 is 1.32 bits per heavy atom. The molecular weight excluding hydrogens is 472 g/mol. The van der Waals surface area contributed by atoms with Crippen LogP contribution in [0.4, 0.5) is 0 Å². The molecule has 0 radical (unpaired) electrons. The first-order valence-electron chi connectivity index (χ1n) is 7.01. The standard InChI is InChI=1S/C15H10Br2N6OS/c1-8(22-14(24)9-2-10(16)4-11(17)3-9)13-20-7-21-23(13)15-19-6-12(5-18)25-15/h2-4,6-8H,1H3,(H,22,24). The molecule has 0 aliphatic rings. The first-order chi connectivity index (χ1) is 12.0. The summed E-state index contributed by atoms with van der Waals surface area (Å²) in [5.41, 5.74) is 0.514. The fourth-order valence-electron chi connectivity index (χ4n) is 2.14. The number of halogens is 2. The lowest BCUT2D eigenvalue weighted by Gasteiger charge is -2.14. The van der Waals surface area contributed by atoms with Gasteiger partial charge in [-0.1, -0.05) is 43.2 Å². The van der Waals surface area contributed by atoms with Crippen molar-refractivity contribution >= 4 is 49.1 Å². The molecule has 0 spiro atoms. The van der Waals surface area contributed by atoms with E-state index >= 15 is 0 Å². The molecule has 0 saturated heterocycles. The van der Waals surface area contributed by atoms with Gasteiger partial charge in [0.1, 0.15) is 17.3 Å². The van der Waals surface area contributed by atoms with Crippen LogP contribution in [0.3, 0.4) is 0 Å². The van der Waals surface area contributed by atoms with Crippen molar-refractivity contribution in [2.24, 2.45) is 0 Å². The van der Waals surface area contributed by atoms with Gasteiger partial charge in [0.25, 0.3) is 5.91 Å². The quantitative estimate of drug-likeness (QED) is 0.613. The first-order valence-corrected chi connectivity index (χ1v) is 9.41. The van der Waals surface area contributed by atoms with Gasteiger partial charge in [-0.25, -0.2) is 9.97 Å². The number of amides is 1. The topological polar surface area (TPSA) is 96.5 Å². The Morgan fingerprint density at radius 3 is 2.68 bits per heavy atom. The normalized spacial score (nSPS) is 11.8.